The topological polar surface area (TPSA) is 67.9 Å². The molecule has 6 nitrogen and oxygen atoms in total. The third-order valence-electron chi connectivity index (χ3n) is 3.53. The largest absolute Gasteiger partial charge is 0.494 e. The molecule has 1 fully saturated rings. The molecule has 1 N–H and O–H groups in total. The van der Waals surface area contributed by atoms with Crippen LogP contribution in [0.15, 0.2) is 18.2 Å². The van der Waals surface area contributed by atoms with Crippen LogP contribution in [-0.4, -0.2) is 56.7 Å². The van der Waals surface area contributed by atoms with Gasteiger partial charge in [0.15, 0.2) is 11.6 Å². The van der Waals surface area contributed by atoms with Gasteiger partial charge in [0.2, 0.25) is 5.91 Å². The minimum Gasteiger partial charge on any atom is -0.494 e. The van der Waals surface area contributed by atoms with Gasteiger partial charge in [-0.25, -0.2) is 4.39 Å². The van der Waals surface area contributed by atoms with E-state index in [0.717, 1.165) is 6.07 Å². The number of likely N-dealkylation sites (tertiary alicyclic amines) is 1. The Balaban J connectivity index is 1.95. The zero-order chi connectivity index (χ0) is 16.1. The highest BCUT2D eigenvalue weighted by Gasteiger charge is 2.30. The lowest BCUT2D eigenvalue weighted by molar-refractivity contribution is -0.128. The fourth-order valence-corrected chi connectivity index (χ4v) is 2.36. The number of carbonyl (C=O) groups is 2. The number of amides is 2. The molecule has 1 aliphatic heterocycles. The minimum atomic E-state index is -0.598. The second-order valence-electron chi connectivity index (χ2n) is 5.06. The van der Waals surface area contributed by atoms with Crippen LogP contribution in [-0.2, 0) is 9.53 Å². The first-order chi connectivity index (χ1) is 10.5. The number of nitrogens with zero attached hydrogens (tertiary/aromatic N) is 1. The van der Waals surface area contributed by atoms with Crippen molar-refractivity contribution in [3.63, 3.8) is 0 Å². The lowest BCUT2D eigenvalue weighted by Gasteiger charge is -2.16. The van der Waals surface area contributed by atoms with Gasteiger partial charge in [0, 0.05) is 32.2 Å². The van der Waals surface area contributed by atoms with Gasteiger partial charge in [-0.2, -0.15) is 0 Å². The highest BCUT2D eigenvalue weighted by atomic mass is 19.1. The minimum absolute atomic E-state index is 0.0248. The van der Waals surface area contributed by atoms with Crippen LogP contribution in [0.5, 0.6) is 5.75 Å². The summed E-state index contributed by atoms with van der Waals surface area (Å²) in [5.41, 5.74) is 0.195. The van der Waals surface area contributed by atoms with Gasteiger partial charge < -0.3 is 19.7 Å². The lowest BCUT2D eigenvalue weighted by atomic mass is 10.1. The molecule has 0 spiro atoms. The maximum Gasteiger partial charge on any atom is 0.251 e. The summed E-state index contributed by atoms with van der Waals surface area (Å²) >= 11 is 0. The first-order valence-corrected chi connectivity index (χ1v) is 6.96. The first kappa shape index (κ1) is 16.2. The van der Waals surface area contributed by atoms with Gasteiger partial charge in [-0.1, -0.05) is 0 Å². The van der Waals surface area contributed by atoms with E-state index in [1.807, 2.05) is 0 Å². The third-order valence-corrected chi connectivity index (χ3v) is 3.53. The van der Waals surface area contributed by atoms with Crippen molar-refractivity contribution in [2.45, 2.75) is 12.5 Å². The molecule has 120 valence electrons. The van der Waals surface area contributed by atoms with E-state index in [1.165, 1.54) is 19.2 Å². The number of halogens is 1. The van der Waals surface area contributed by atoms with Crippen LogP contribution >= 0.6 is 0 Å². The number of methoxy groups -OCH3 is 2. The normalized spacial score (nSPS) is 17.7. The molecule has 1 saturated heterocycles. The molecule has 2 rings (SSSR count). The summed E-state index contributed by atoms with van der Waals surface area (Å²) in [5, 5.41) is 2.75. The zero-order valence-corrected chi connectivity index (χ0v) is 12.6. The molecule has 1 aliphatic rings. The maximum absolute atomic E-state index is 13.6. The van der Waals surface area contributed by atoms with E-state index >= 15 is 0 Å². The third kappa shape index (κ3) is 3.73. The highest BCUT2D eigenvalue weighted by molar-refractivity contribution is 5.95. The predicted molar refractivity (Wildman–Crippen MR) is 77.3 cm³/mol. The molecule has 1 aromatic carbocycles. The second-order valence-corrected chi connectivity index (χ2v) is 5.06. The Morgan fingerprint density at radius 2 is 2.23 bits per heavy atom. The van der Waals surface area contributed by atoms with Gasteiger partial charge in [0.1, 0.15) is 0 Å². The van der Waals surface area contributed by atoms with Crippen LogP contribution in [0, 0.1) is 5.82 Å². The molecule has 1 atom stereocenters. The van der Waals surface area contributed by atoms with Crippen molar-refractivity contribution < 1.29 is 23.5 Å². The highest BCUT2D eigenvalue weighted by Crippen LogP contribution is 2.18. The summed E-state index contributed by atoms with van der Waals surface area (Å²) in [6, 6.07) is 3.72. The van der Waals surface area contributed by atoms with Crippen molar-refractivity contribution in [1.29, 1.82) is 0 Å². The molecule has 0 saturated carbocycles. The molecule has 2 amide bonds. The van der Waals surface area contributed by atoms with Crippen molar-refractivity contribution in [1.82, 2.24) is 10.2 Å². The Hall–Kier alpha value is -2.15. The average molecular weight is 310 g/mol. The average Bonchev–Trinajstić information content (AvgIpc) is 2.84. The van der Waals surface area contributed by atoms with E-state index in [9.17, 15) is 14.0 Å². The summed E-state index contributed by atoms with van der Waals surface area (Å²) in [7, 11) is 2.93. The molecular formula is C15H19FN2O4. The van der Waals surface area contributed by atoms with E-state index in [4.69, 9.17) is 9.47 Å². The fraction of sp³-hybridized carbons (Fsp3) is 0.467. The summed E-state index contributed by atoms with van der Waals surface area (Å²) in [6.07, 6.45) is 0.244. The molecule has 1 heterocycles. The fourth-order valence-electron chi connectivity index (χ4n) is 2.36. The van der Waals surface area contributed by atoms with Crippen molar-refractivity contribution in [2.75, 3.05) is 33.9 Å². The van der Waals surface area contributed by atoms with E-state index in [2.05, 4.69) is 5.32 Å². The van der Waals surface area contributed by atoms with E-state index in [1.54, 1.807) is 12.0 Å². The maximum atomic E-state index is 13.6. The van der Waals surface area contributed by atoms with E-state index < -0.39 is 11.7 Å². The van der Waals surface area contributed by atoms with Crippen LogP contribution in [0.4, 0.5) is 4.39 Å². The standard InChI is InChI=1S/C15H19FN2O4/c1-21-6-5-18-9-11(8-14(18)19)17-15(20)10-3-4-13(22-2)12(16)7-10/h3-4,7,11H,5-6,8-9H2,1-2H3,(H,17,20)/t11-/m0/s1. The molecule has 0 radical (unpaired) electrons. The molecule has 0 aliphatic carbocycles. The van der Waals surface area contributed by atoms with Gasteiger partial charge in [0.05, 0.1) is 19.8 Å². The Morgan fingerprint density at radius 3 is 2.86 bits per heavy atom. The van der Waals surface area contributed by atoms with Crippen LogP contribution in [0.3, 0.4) is 0 Å². The van der Waals surface area contributed by atoms with Crippen molar-refractivity contribution in [3.8, 4) is 5.75 Å². The Labute approximate surface area is 128 Å². The Kier molecular flexibility index (Phi) is 5.32. The van der Waals surface area contributed by atoms with Gasteiger partial charge in [-0.3, -0.25) is 9.59 Å². The number of hydrogen-bond donors (Lipinski definition) is 1. The van der Waals surface area contributed by atoms with E-state index in [-0.39, 0.29) is 29.7 Å². The summed E-state index contributed by atoms with van der Waals surface area (Å²) < 4.78 is 23.4. The SMILES string of the molecule is COCCN1C[C@@H](NC(=O)c2ccc(OC)c(F)c2)CC1=O. The number of ether oxygens (including phenoxy) is 2. The molecule has 0 unspecified atom stereocenters. The Morgan fingerprint density at radius 1 is 1.45 bits per heavy atom. The molecule has 1 aromatic rings. The molecular weight excluding hydrogens is 291 g/mol. The smallest absolute Gasteiger partial charge is 0.251 e. The summed E-state index contributed by atoms with van der Waals surface area (Å²) in [6.45, 7) is 1.39. The molecule has 0 aromatic heterocycles. The first-order valence-electron chi connectivity index (χ1n) is 6.96. The van der Waals surface area contributed by atoms with Gasteiger partial charge >= 0.3 is 0 Å². The van der Waals surface area contributed by atoms with Crippen LogP contribution in [0.25, 0.3) is 0 Å². The Bertz CT molecular complexity index is 564. The van der Waals surface area contributed by atoms with Crippen LogP contribution in [0.1, 0.15) is 16.8 Å². The zero-order valence-electron chi connectivity index (χ0n) is 12.6. The van der Waals surface area contributed by atoms with Crippen molar-refractivity contribution in [2.24, 2.45) is 0 Å². The quantitative estimate of drug-likeness (QED) is 0.844. The number of hydrogen-bond acceptors (Lipinski definition) is 4. The molecule has 7 heteroatoms. The summed E-state index contributed by atoms with van der Waals surface area (Å²) in [5.74, 6) is -0.950. The van der Waals surface area contributed by atoms with Crippen LogP contribution in [0.2, 0.25) is 0 Å². The number of nitrogens with one attached hydrogen (secondary N) is 1. The number of rotatable bonds is 6. The van der Waals surface area contributed by atoms with Crippen molar-refractivity contribution in [3.05, 3.63) is 29.6 Å². The van der Waals surface area contributed by atoms with Crippen molar-refractivity contribution >= 4 is 11.8 Å². The number of benzene rings is 1. The van der Waals surface area contributed by atoms with Crippen LogP contribution < -0.4 is 10.1 Å². The number of carbonyl (C=O) groups excluding carboxylic acids is 2. The predicted octanol–water partition coefficient (Wildman–Crippen LogP) is 0.811. The molecule has 22 heavy (non-hydrogen) atoms. The van der Waals surface area contributed by atoms with Gasteiger partial charge in [-0.15, -0.1) is 0 Å². The molecule has 0 bridgehead atoms. The lowest BCUT2D eigenvalue weighted by Crippen LogP contribution is -2.37. The van der Waals surface area contributed by atoms with Gasteiger partial charge in [0.25, 0.3) is 5.91 Å². The summed E-state index contributed by atoms with van der Waals surface area (Å²) in [4.78, 5) is 25.5. The second kappa shape index (κ2) is 7.22. The monoisotopic (exact) mass is 310 g/mol. The van der Waals surface area contributed by atoms with E-state index in [0.29, 0.717) is 19.7 Å². The van der Waals surface area contributed by atoms with Gasteiger partial charge in [-0.05, 0) is 18.2 Å².